The highest BCUT2D eigenvalue weighted by molar-refractivity contribution is 6.06. The van der Waals surface area contributed by atoms with Crippen molar-refractivity contribution in [2.45, 2.75) is 19.9 Å². The fraction of sp³-hybridized carbons (Fsp3) is 0.188. The molecule has 3 aromatic rings. The summed E-state index contributed by atoms with van der Waals surface area (Å²) < 4.78 is 0. The van der Waals surface area contributed by atoms with Crippen LogP contribution in [0.25, 0.3) is 10.9 Å². The summed E-state index contributed by atoms with van der Waals surface area (Å²) in [6.07, 6.45) is 3.49. The van der Waals surface area contributed by atoms with E-state index in [1.807, 2.05) is 44.2 Å². The smallest absolute Gasteiger partial charge is 0.252 e. The highest BCUT2D eigenvalue weighted by Gasteiger charge is 2.15. The number of hydrogen-bond acceptors (Lipinski definition) is 3. The van der Waals surface area contributed by atoms with Gasteiger partial charge >= 0.3 is 0 Å². The second-order valence-electron chi connectivity index (χ2n) is 5.06. The zero-order valence-electron chi connectivity index (χ0n) is 11.9. The third kappa shape index (κ3) is 2.63. The van der Waals surface area contributed by atoms with Gasteiger partial charge in [-0.3, -0.25) is 14.9 Å². The molecule has 0 aliphatic carbocycles. The standard InChI is InChI=1S/C16H16N4O/c1-10-7-14(13-5-3-4-6-15(13)19-10)16(21)20-11(2)12-8-17-18-9-12/h3-9,11H,1-2H3,(H,17,18)(H,20,21). The lowest BCUT2D eigenvalue weighted by Crippen LogP contribution is -2.26. The molecule has 5 heteroatoms. The van der Waals surface area contributed by atoms with E-state index in [0.717, 1.165) is 22.2 Å². The Labute approximate surface area is 122 Å². The average Bonchev–Trinajstić information content (AvgIpc) is 3.00. The third-order valence-corrected chi connectivity index (χ3v) is 3.46. The quantitative estimate of drug-likeness (QED) is 0.775. The molecule has 106 valence electrons. The summed E-state index contributed by atoms with van der Waals surface area (Å²) in [6.45, 7) is 3.82. The van der Waals surface area contributed by atoms with Crippen molar-refractivity contribution in [1.82, 2.24) is 20.5 Å². The van der Waals surface area contributed by atoms with Crippen molar-refractivity contribution in [2.75, 3.05) is 0 Å². The van der Waals surface area contributed by atoms with Gasteiger partial charge in [0.2, 0.25) is 0 Å². The van der Waals surface area contributed by atoms with Gasteiger partial charge in [-0.2, -0.15) is 5.10 Å². The molecule has 0 saturated carbocycles. The van der Waals surface area contributed by atoms with Crippen molar-refractivity contribution in [1.29, 1.82) is 0 Å². The molecule has 1 aromatic carbocycles. The summed E-state index contributed by atoms with van der Waals surface area (Å²) in [5, 5.41) is 10.5. The van der Waals surface area contributed by atoms with Crippen LogP contribution in [-0.4, -0.2) is 21.1 Å². The van der Waals surface area contributed by atoms with Crippen LogP contribution in [0.3, 0.4) is 0 Å². The molecular formula is C16H16N4O. The molecule has 1 amide bonds. The number of nitrogens with zero attached hydrogens (tertiary/aromatic N) is 2. The van der Waals surface area contributed by atoms with Crippen molar-refractivity contribution in [2.24, 2.45) is 0 Å². The molecule has 0 radical (unpaired) electrons. The first-order valence-electron chi connectivity index (χ1n) is 6.81. The number of para-hydroxylation sites is 1. The molecule has 3 rings (SSSR count). The van der Waals surface area contributed by atoms with E-state index in [2.05, 4.69) is 20.5 Å². The summed E-state index contributed by atoms with van der Waals surface area (Å²) in [7, 11) is 0. The number of pyridine rings is 1. The summed E-state index contributed by atoms with van der Waals surface area (Å²) in [5.74, 6) is -0.106. The minimum atomic E-state index is -0.108. The molecule has 2 N–H and O–H groups in total. The van der Waals surface area contributed by atoms with E-state index in [-0.39, 0.29) is 11.9 Å². The summed E-state index contributed by atoms with van der Waals surface area (Å²) in [5.41, 5.74) is 3.25. The van der Waals surface area contributed by atoms with Gasteiger partial charge in [-0.1, -0.05) is 18.2 Å². The number of aromatic nitrogens is 3. The van der Waals surface area contributed by atoms with Crippen LogP contribution in [0.4, 0.5) is 0 Å². The number of benzene rings is 1. The van der Waals surface area contributed by atoms with E-state index in [1.54, 1.807) is 12.4 Å². The second-order valence-corrected chi connectivity index (χ2v) is 5.06. The van der Waals surface area contributed by atoms with Crippen LogP contribution in [0.1, 0.15) is 34.6 Å². The Morgan fingerprint density at radius 3 is 2.90 bits per heavy atom. The van der Waals surface area contributed by atoms with Crippen molar-refractivity contribution in [3.05, 3.63) is 59.5 Å². The lowest BCUT2D eigenvalue weighted by Gasteiger charge is -2.13. The normalized spacial score (nSPS) is 12.3. The number of fused-ring (bicyclic) bond motifs is 1. The number of aryl methyl sites for hydroxylation is 1. The Morgan fingerprint density at radius 1 is 1.33 bits per heavy atom. The molecule has 1 atom stereocenters. The lowest BCUT2D eigenvalue weighted by molar-refractivity contribution is 0.0941. The number of carbonyl (C=O) groups is 1. The first kappa shape index (κ1) is 13.3. The number of aromatic amines is 1. The summed E-state index contributed by atoms with van der Waals surface area (Å²) in [4.78, 5) is 17.0. The maximum absolute atomic E-state index is 12.5. The first-order chi connectivity index (χ1) is 10.1. The molecule has 2 heterocycles. The lowest BCUT2D eigenvalue weighted by atomic mass is 10.1. The van der Waals surface area contributed by atoms with Gasteiger partial charge in [0.15, 0.2) is 0 Å². The number of carbonyl (C=O) groups excluding carboxylic acids is 1. The number of amides is 1. The average molecular weight is 280 g/mol. The summed E-state index contributed by atoms with van der Waals surface area (Å²) >= 11 is 0. The van der Waals surface area contributed by atoms with Crippen LogP contribution in [0, 0.1) is 6.92 Å². The van der Waals surface area contributed by atoms with Crippen molar-refractivity contribution >= 4 is 16.8 Å². The molecule has 0 fully saturated rings. The zero-order valence-corrected chi connectivity index (χ0v) is 11.9. The van der Waals surface area contributed by atoms with Gasteiger partial charge in [-0.25, -0.2) is 0 Å². The van der Waals surface area contributed by atoms with Gasteiger partial charge in [0.25, 0.3) is 5.91 Å². The highest BCUT2D eigenvalue weighted by Crippen LogP contribution is 2.19. The van der Waals surface area contributed by atoms with Crippen molar-refractivity contribution < 1.29 is 4.79 Å². The summed E-state index contributed by atoms with van der Waals surface area (Å²) in [6, 6.07) is 9.38. The van der Waals surface area contributed by atoms with Crippen molar-refractivity contribution in [3.63, 3.8) is 0 Å². The Balaban J connectivity index is 1.94. The number of hydrogen-bond donors (Lipinski definition) is 2. The van der Waals surface area contributed by atoms with Crippen LogP contribution in [0.15, 0.2) is 42.7 Å². The molecule has 0 aliphatic rings. The van der Waals surface area contributed by atoms with E-state index < -0.39 is 0 Å². The largest absolute Gasteiger partial charge is 0.345 e. The monoisotopic (exact) mass is 280 g/mol. The van der Waals surface area contributed by atoms with Gasteiger partial charge in [0, 0.05) is 22.8 Å². The molecule has 0 bridgehead atoms. The van der Waals surface area contributed by atoms with Gasteiger partial charge in [-0.15, -0.1) is 0 Å². The van der Waals surface area contributed by atoms with Crippen LogP contribution in [0.5, 0.6) is 0 Å². The Kier molecular flexibility index (Phi) is 3.39. The number of H-pyrrole nitrogens is 1. The Bertz CT molecular complexity index is 780. The zero-order chi connectivity index (χ0) is 14.8. The van der Waals surface area contributed by atoms with Crippen LogP contribution in [-0.2, 0) is 0 Å². The first-order valence-corrected chi connectivity index (χ1v) is 6.81. The van der Waals surface area contributed by atoms with E-state index in [0.29, 0.717) is 5.56 Å². The second kappa shape index (κ2) is 5.36. The van der Waals surface area contributed by atoms with E-state index in [1.165, 1.54) is 0 Å². The third-order valence-electron chi connectivity index (χ3n) is 3.46. The van der Waals surface area contributed by atoms with Crippen LogP contribution in [0.2, 0.25) is 0 Å². The van der Waals surface area contributed by atoms with Gasteiger partial charge in [-0.05, 0) is 26.0 Å². The van der Waals surface area contributed by atoms with E-state index in [4.69, 9.17) is 0 Å². The molecule has 2 aromatic heterocycles. The Hall–Kier alpha value is -2.69. The maximum atomic E-state index is 12.5. The van der Waals surface area contributed by atoms with Crippen LogP contribution < -0.4 is 5.32 Å². The van der Waals surface area contributed by atoms with Gasteiger partial charge in [0.1, 0.15) is 0 Å². The highest BCUT2D eigenvalue weighted by atomic mass is 16.1. The van der Waals surface area contributed by atoms with Gasteiger partial charge < -0.3 is 5.32 Å². The predicted octanol–water partition coefficient (Wildman–Crippen LogP) is 2.76. The van der Waals surface area contributed by atoms with Crippen LogP contribution >= 0.6 is 0 Å². The van der Waals surface area contributed by atoms with E-state index in [9.17, 15) is 4.79 Å². The molecule has 1 unspecified atom stereocenters. The molecular weight excluding hydrogens is 264 g/mol. The maximum Gasteiger partial charge on any atom is 0.252 e. The minimum Gasteiger partial charge on any atom is -0.345 e. The molecule has 0 saturated heterocycles. The molecule has 21 heavy (non-hydrogen) atoms. The topological polar surface area (TPSA) is 70.7 Å². The molecule has 0 aliphatic heterocycles. The fourth-order valence-corrected chi connectivity index (χ4v) is 2.35. The fourth-order valence-electron chi connectivity index (χ4n) is 2.35. The molecule has 0 spiro atoms. The number of nitrogens with one attached hydrogen (secondary N) is 2. The van der Waals surface area contributed by atoms with Gasteiger partial charge in [0.05, 0.1) is 23.3 Å². The predicted molar refractivity (Wildman–Crippen MR) is 80.9 cm³/mol. The SMILES string of the molecule is Cc1cc(C(=O)NC(C)c2cn[nH]c2)c2ccccc2n1. The molecule has 5 nitrogen and oxygen atoms in total. The Morgan fingerprint density at radius 2 is 2.14 bits per heavy atom. The minimum absolute atomic E-state index is 0.106. The number of rotatable bonds is 3. The van der Waals surface area contributed by atoms with Crippen molar-refractivity contribution in [3.8, 4) is 0 Å². The van der Waals surface area contributed by atoms with E-state index >= 15 is 0 Å².